The smallest absolute Gasteiger partial charge is 0.330 e. The van der Waals surface area contributed by atoms with Gasteiger partial charge in [0.25, 0.3) is 5.91 Å². The summed E-state index contributed by atoms with van der Waals surface area (Å²) in [5.74, 6) is -0.0813. The van der Waals surface area contributed by atoms with Crippen molar-refractivity contribution in [2.45, 2.75) is 20.3 Å². The molecule has 1 aromatic heterocycles. The molecule has 2 amide bonds. The number of piperazine rings is 1. The van der Waals surface area contributed by atoms with Crippen molar-refractivity contribution in [2.75, 3.05) is 38.0 Å². The van der Waals surface area contributed by atoms with E-state index in [0.717, 1.165) is 29.1 Å². The number of anilines is 1. The van der Waals surface area contributed by atoms with Crippen LogP contribution in [0, 0.1) is 6.92 Å². The van der Waals surface area contributed by atoms with Gasteiger partial charge in [-0.3, -0.25) is 19.1 Å². The quantitative estimate of drug-likeness (QED) is 0.607. The second kappa shape index (κ2) is 9.87. The van der Waals surface area contributed by atoms with E-state index >= 15 is 0 Å². The van der Waals surface area contributed by atoms with Gasteiger partial charge in [-0.2, -0.15) is 0 Å². The van der Waals surface area contributed by atoms with Crippen molar-refractivity contribution in [3.8, 4) is 5.69 Å². The Labute approximate surface area is 192 Å². The Morgan fingerprint density at radius 3 is 2.33 bits per heavy atom. The fraction of sp³-hybridized carbons (Fsp3) is 0.320. The lowest BCUT2D eigenvalue weighted by atomic mass is 10.1. The van der Waals surface area contributed by atoms with Crippen molar-refractivity contribution in [1.82, 2.24) is 19.4 Å². The summed E-state index contributed by atoms with van der Waals surface area (Å²) in [4.78, 5) is 43.9. The summed E-state index contributed by atoms with van der Waals surface area (Å²) >= 11 is 0. The zero-order valence-corrected chi connectivity index (χ0v) is 19.0. The van der Waals surface area contributed by atoms with Crippen molar-refractivity contribution in [2.24, 2.45) is 0 Å². The van der Waals surface area contributed by atoms with Gasteiger partial charge in [0.1, 0.15) is 0 Å². The molecular weight excluding hydrogens is 418 g/mol. The van der Waals surface area contributed by atoms with Crippen molar-refractivity contribution in [3.05, 3.63) is 82.0 Å². The first-order valence-electron chi connectivity index (χ1n) is 11.2. The number of aromatic amines is 1. The number of H-pyrrole nitrogens is 1. The summed E-state index contributed by atoms with van der Waals surface area (Å²) in [5.41, 5.74) is 3.88. The predicted octanol–water partition coefficient (Wildman–Crippen LogP) is 2.43. The molecule has 1 fully saturated rings. The number of aryl methyl sites for hydroxylation is 2. The van der Waals surface area contributed by atoms with Crippen LogP contribution in [-0.4, -0.2) is 63.9 Å². The molecule has 3 aromatic rings. The standard InChI is InChI=1S/C25H29N5O3/c1-3-19-6-4-5-7-22(19)27-23(31)17-28-12-14-29(15-13-28)24(32)20-8-10-21(11-9-20)30-18(2)16-26-25(30)33/h4-11,16H,3,12-15,17H2,1-2H3,(H,26,33)(H,27,31). The fourth-order valence-electron chi connectivity index (χ4n) is 4.16. The minimum absolute atomic E-state index is 0.0402. The number of nitrogens with zero attached hydrogens (tertiary/aromatic N) is 3. The maximum Gasteiger partial charge on any atom is 0.330 e. The second-order valence-electron chi connectivity index (χ2n) is 8.24. The molecule has 0 spiro atoms. The molecular formula is C25H29N5O3. The predicted molar refractivity (Wildman–Crippen MR) is 128 cm³/mol. The van der Waals surface area contributed by atoms with Crippen LogP contribution in [0.2, 0.25) is 0 Å². The van der Waals surface area contributed by atoms with Gasteiger partial charge in [0.15, 0.2) is 0 Å². The van der Waals surface area contributed by atoms with Crippen LogP contribution in [-0.2, 0) is 11.2 Å². The van der Waals surface area contributed by atoms with E-state index in [1.807, 2.05) is 36.1 Å². The van der Waals surface area contributed by atoms with E-state index in [-0.39, 0.29) is 17.5 Å². The molecule has 0 aliphatic carbocycles. The third-order valence-corrected chi connectivity index (χ3v) is 6.03. The monoisotopic (exact) mass is 447 g/mol. The Kier molecular flexibility index (Phi) is 6.74. The summed E-state index contributed by atoms with van der Waals surface area (Å²) in [6.07, 6.45) is 2.52. The molecule has 2 heterocycles. The van der Waals surface area contributed by atoms with Gasteiger partial charge < -0.3 is 15.2 Å². The maximum atomic E-state index is 12.9. The highest BCUT2D eigenvalue weighted by molar-refractivity contribution is 5.95. The molecule has 1 aliphatic rings. The number of nitrogens with one attached hydrogen (secondary N) is 2. The third-order valence-electron chi connectivity index (χ3n) is 6.03. The molecule has 8 heteroatoms. The van der Waals surface area contributed by atoms with Crippen molar-refractivity contribution in [3.63, 3.8) is 0 Å². The molecule has 0 radical (unpaired) electrons. The first kappa shape index (κ1) is 22.5. The number of hydrogen-bond donors (Lipinski definition) is 2. The van der Waals surface area contributed by atoms with Gasteiger partial charge in [0.2, 0.25) is 5.91 Å². The van der Waals surface area contributed by atoms with Crippen molar-refractivity contribution in [1.29, 1.82) is 0 Å². The Hall–Kier alpha value is -3.65. The number of aromatic nitrogens is 2. The molecule has 172 valence electrons. The molecule has 33 heavy (non-hydrogen) atoms. The zero-order chi connectivity index (χ0) is 23.4. The van der Waals surface area contributed by atoms with Crippen molar-refractivity contribution < 1.29 is 9.59 Å². The highest BCUT2D eigenvalue weighted by Gasteiger charge is 2.23. The molecule has 0 saturated carbocycles. The SMILES string of the molecule is CCc1ccccc1NC(=O)CN1CCN(C(=O)c2ccc(-n3c(C)c[nH]c3=O)cc2)CC1. The largest absolute Gasteiger partial charge is 0.336 e. The molecule has 2 aromatic carbocycles. The Morgan fingerprint density at radius 1 is 1.00 bits per heavy atom. The highest BCUT2D eigenvalue weighted by atomic mass is 16.2. The van der Waals surface area contributed by atoms with E-state index < -0.39 is 0 Å². The van der Waals surface area contributed by atoms with Crippen LogP contribution in [0.25, 0.3) is 5.69 Å². The lowest BCUT2D eigenvalue weighted by Gasteiger charge is -2.34. The van der Waals surface area contributed by atoms with E-state index in [1.165, 1.54) is 0 Å². The first-order chi connectivity index (χ1) is 16.0. The van der Waals surface area contributed by atoms with E-state index in [9.17, 15) is 14.4 Å². The van der Waals surface area contributed by atoms with Crippen LogP contribution in [0.5, 0.6) is 0 Å². The fourth-order valence-corrected chi connectivity index (χ4v) is 4.16. The molecule has 4 rings (SSSR count). The number of benzene rings is 2. The number of carbonyl (C=O) groups is 2. The first-order valence-corrected chi connectivity index (χ1v) is 11.2. The number of amides is 2. The number of carbonyl (C=O) groups excluding carboxylic acids is 2. The average Bonchev–Trinajstić information content (AvgIpc) is 3.17. The molecule has 0 atom stereocenters. The van der Waals surface area contributed by atoms with Gasteiger partial charge in [-0.05, 0) is 49.2 Å². The van der Waals surface area contributed by atoms with Gasteiger partial charge in [-0.25, -0.2) is 4.79 Å². The van der Waals surface area contributed by atoms with Gasteiger partial charge >= 0.3 is 5.69 Å². The minimum Gasteiger partial charge on any atom is -0.336 e. The summed E-state index contributed by atoms with van der Waals surface area (Å²) in [5, 5.41) is 3.01. The Bertz CT molecular complexity index is 1190. The Morgan fingerprint density at radius 2 is 1.70 bits per heavy atom. The zero-order valence-electron chi connectivity index (χ0n) is 19.0. The number of hydrogen-bond acceptors (Lipinski definition) is 4. The van der Waals surface area contributed by atoms with Crippen LogP contribution in [0.1, 0.15) is 28.5 Å². The number of rotatable bonds is 6. The molecule has 0 bridgehead atoms. The van der Waals surface area contributed by atoms with E-state index in [0.29, 0.717) is 38.3 Å². The van der Waals surface area contributed by atoms with Gasteiger partial charge in [-0.15, -0.1) is 0 Å². The lowest BCUT2D eigenvalue weighted by Crippen LogP contribution is -2.50. The third kappa shape index (κ3) is 5.06. The normalized spacial score (nSPS) is 14.3. The number of para-hydroxylation sites is 1. The molecule has 8 nitrogen and oxygen atoms in total. The van der Waals surface area contributed by atoms with E-state index in [2.05, 4.69) is 22.1 Å². The second-order valence-corrected chi connectivity index (χ2v) is 8.24. The average molecular weight is 448 g/mol. The highest BCUT2D eigenvalue weighted by Crippen LogP contribution is 2.16. The molecule has 0 unspecified atom stereocenters. The number of imidazole rings is 1. The van der Waals surface area contributed by atoms with Crippen LogP contribution < -0.4 is 11.0 Å². The van der Waals surface area contributed by atoms with Crippen molar-refractivity contribution >= 4 is 17.5 Å². The summed E-state index contributed by atoms with van der Waals surface area (Å²) < 4.78 is 1.57. The van der Waals surface area contributed by atoms with E-state index in [1.54, 1.807) is 35.0 Å². The van der Waals surface area contributed by atoms with Crippen LogP contribution in [0.3, 0.4) is 0 Å². The van der Waals surface area contributed by atoms with Gasteiger partial charge in [-0.1, -0.05) is 25.1 Å². The molecule has 1 aliphatic heterocycles. The minimum atomic E-state index is -0.204. The van der Waals surface area contributed by atoms with Gasteiger partial charge in [0, 0.05) is 49.3 Å². The van der Waals surface area contributed by atoms with Crippen LogP contribution in [0.15, 0.2) is 59.5 Å². The van der Waals surface area contributed by atoms with E-state index in [4.69, 9.17) is 0 Å². The summed E-state index contributed by atoms with van der Waals surface area (Å²) in [6, 6.07) is 14.9. The topological polar surface area (TPSA) is 90.4 Å². The lowest BCUT2D eigenvalue weighted by molar-refractivity contribution is -0.117. The summed E-state index contributed by atoms with van der Waals surface area (Å²) in [7, 11) is 0. The maximum absolute atomic E-state index is 12.9. The molecule has 2 N–H and O–H groups in total. The Balaban J connectivity index is 1.31. The van der Waals surface area contributed by atoms with Gasteiger partial charge in [0.05, 0.1) is 12.2 Å². The van der Waals surface area contributed by atoms with Crippen LogP contribution >= 0.6 is 0 Å². The summed E-state index contributed by atoms with van der Waals surface area (Å²) in [6.45, 7) is 6.63. The van der Waals surface area contributed by atoms with Crippen LogP contribution in [0.4, 0.5) is 5.69 Å². The molecule has 1 saturated heterocycles.